The Morgan fingerprint density at radius 2 is 1.88 bits per heavy atom. The van der Waals surface area contributed by atoms with Gasteiger partial charge in [0.2, 0.25) is 0 Å². The van der Waals surface area contributed by atoms with Gasteiger partial charge in [0.1, 0.15) is 6.61 Å². The minimum absolute atomic E-state index is 0.0715. The Labute approximate surface area is 154 Å². The Morgan fingerprint density at radius 1 is 1.16 bits per heavy atom. The fraction of sp³-hybridized carbons (Fsp3) is 0.400. The van der Waals surface area contributed by atoms with E-state index in [1.807, 2.05) is 31.2 Å². The average molecular weight is 364 g/mol. The molecule has 0 bridgehead atoms. The van der Waals surface area contributed by atoms with Gasteiger partial charge in [-0.3, -0.25) is 0 Å². The molecule has 0 aliphatic heterocycles. The Morgan fingerprint density at radius 3 is 2.48 bits per heavy atom. The lowest BCUT2D eigenvalue weighted by Gasteiger charge is -2.17. The second-order valence-electron chi connectivity index (χ2n) is 6.05. The van der Waals surface area contributed by atoms with Crippen LogP contribution in [0, 0.1) is 6.92 Å². The second kappa shape index (κ2) is 9.66. The van der Waals surface area contributed by atoms with Crippen molar-refractivity contribution >= 4 is 11.6 Å². The molecule has 0 fully saturated rings. The number of hydrogen-bond donors (Lipinski definition) is 2. The van der Waals surface area contributed by atoms with E-state index in [9.17, 15) is 5.11 Å². The summed E-state index contributed by atoms with van der Waals surface area (Å²) < 4.78 is 11.3. The summed E-state index contributed by atoms with van der Waals surface area (Å²) in [5.74, 6) is 1.15. The first-order chi connectivity index (χ1) is 12.1. The predicted molar refractivity (Wildman–Crippen MR) is 102 cm³/mol. The van der Waals surface area contributed by atoms with Crippen molar-refractivity contribution in [2.75, 3.05) is 13.7 Å². The highest BCUT2D eigenvalue weighted by molar-refractivity contribution is 6.32. The van der Waals surface area contributed by atoms with Crippen molar-refractivity contribution in [3.8, 4) is 11.5 Å². The molecule has 0 amide bonds. The maximum Gasteiger partial charge on any atom is 0.180 e. The molecule has 0 aliphatic carbocycles. The topological polar surface area (TPSA) is 50.7 Å². The number of benzene rings is 2. The first kappa shape index (κ1) is 19.6. The predicted octanol–water partition coefficient (Wildman–Crippen LogP) is 4.10. The van der Waals surface area contributed by atoms with Crippen LogP contribution in [0.15, 0.2) is 36.4 Å². The number of aliphatic hydroxyl groups excluding tert-OH is 1. The van der Waals surface area contributed by atoms with Crippen LogP contribution in [0.5, 0.6) is 11.5 Å². The summed E-state index contributed by atoms with van der Waals surface area (Å²) in [7, 11) is 1.60. The van der Waals surface area contributed by atoms with Crippen molar-refractivity contribution in [2.24, 2.45) is 0 Å². The number of rotatable bonds is 9. The second-order valence-corrected chi connectivity index (χ2v) is 6.46. The third kappa shape index (κ3) is 5.63. The van der Waals surface area contributed by atoms with Crippen LogP contribution in [0.2, 0.25) is 5.02 Å². The fourth-order valence-corrected chi connectivity index (χ4v) is 2.74. The van der Waals surface area contributed by atoms with Gasteiger partial charge in [0.15, 0.2) is 11.5 Å². The number of aryl methyl sites for hydroxylation is 1. The molecule has 25 heavy (non-hydrogen) atoms. The van der Waals surface area contributed by atoms with E-state index in [1.54, 1.807) is 7.11 Å². The molecule has 0 aliphatic rings. The quantitative estimate of drug-likeness (QED) is 0.704. The monoisotopic (exact) mass is 363 g/mol. The maximum atomic E-state index is 9.27. The Balaban J connectivity index is 2.09. The zero-order valence-corrected chi connectivity index (χ0v) is 15.8. The zero-order valence-electron chi connectivity index (χ0n) is 15.0. The molecule has 0 aromatic heterocycles. The minimum atomic E-state index is 0.0715. The highest BCUT2D eigenvalue weighted by Gasteiger charge is 2.13. The molecule has 5 heteroatoms. The summed E-state index contributed by atoms with van der Waals surface area (Å²) >= 11 is 6.41. The van der Waals surface area contributed by atoms with Crippen molar-refractivity contribution in [3.63, 3.8) is 0 Å². The average Bonchev–Trinajstić information content (AvgIpc) is 2.62. The van der Waals surface area contributed by atoms with Gasteiger partial charge in [0.25, 0.3) is 0 Å². The smallest absolute Gasteiger partial charge is 0.180 e. The van der Waals surface area contributed by atoms with Crippen LogP contribution in [0.25, 0.3) is 0 Å². The van der Waals surface area contributed by atoms with Crippen LogP contribution >= 0.6 is 11.6 Å². The summed E-state index contributed by atoms with van der Waals surface area (Å²) in [6.45, 7) is 5.23. The highest BCUT2D eigenvalue weighted by atomic mass is 35.5. The van der Waals surface area contributed by atoms with Gasteiger partial charge >= 0.3 is 0 Å². The van der Waals surface area contributed by atoms with Gasteiger partial charge in [-0.1, -0.05) is 48.4 Å². The Kier molecular flexibility index (Phi) is 7.56. The summed E-state index contributed by atoms with van der Waals surface area (Å²) in [4.78, 5) is 0. The van der Waals surface area contributed by atoms with Crippen molar-refractivity contribution in [1.82, 2.24) is 5.32 Å². The molecule has 0 saturated carbocycles. The summed E-state index contributed by atoms with van der Waals surface area (Å²) in [6, 6.07) is 12.0. The fourth-order valence-electron chi connectivity index (χ4n) is 2.46. The molecule has 0 radical (unpaired) electrons. The number of aliphatic hydroxyl groups is 1. The molecule has 0 heterocycles. The lowest BCUT2D eigenvalue weighted by molar-refractivity contribution is 0.238. The lowest BCUT2D eigenvalue weighted by atomic mass is 10.1. The van der Waals surface area contributed by atoms with Crippen LogP contribution in [0.1, 0.15) is 30.0 Å². The van der Waals surface area contributed by atoms with E-state index in [4.69, 9.17) is 21.1 Å². The summed E-state index contributed by atoms with van der Waals surface area (Å²) in [6.07, 6.45) is 0.860. The van der Waals surface area contributed by atoms with Gasteiger partial charge in [-0.15, -0.1) is 0 Å². The molecular weight excluding hydrogens is 338 g/mol. The van der Waals surface area contributed by atoms with Gasteiger partial charge in [-0.05, 0) is 36.6 Å². The van der Waals surface area contributed by atoms with Crippen molar-refractivity contribution < 1.29 is 14.6 Å². The molecule has 2 aromatic carbocycles. The minimum Gasteiger partial charge on any atom is -0.493 e. The van der Waals surface area contributed by atoms with E-state index < -0.39 is 0 Å². The van der Waals surface area contributed by atoms with Gasteiger partial charge in [0.05, 0.1) is 18.7 Å². The number of hydrogen-bond acceptors (Lipinski definition) is 4. The van der Waals surface area contributed by atoms with Gasteiger partial charge in [-0.25, -0.2) is 0 Å². The summed E-state index contributed by atoms with van der Waals surface area (Å²) in [5.41, 5.74) is 3.27. The van der Waals surface area contributed by atoms with E-state index in [0.29, 0.717) is 29.7 Å². The van der Waals surface area contributed by atoms with Crippen LogP contribution in [0.3, 0.4) is 0 Å². The summed E-state index contributed by atoms with van der Waals surface area (Å²) in [5, 5.41) is 13.1. The van der Waals surface area contributed by atoms with E-state index >= 15 is 0 Å². The van der Waals surface area contributed by atoms with E-state index in [1.165, 1.54) is 5.56 Å². The molecule has 1 atom stereocenters. The standard InChI is InChI=1S/C20H26ClNO3/c1-4-17(12-23)22-11-16-9-18(21)20(19(10-16)24-3)25-13-15-7-5-14(2)6-8-15/h5-10,17,22-23H,4,11-13H2,1-3H3/t17-/m1/s1. The molecule has 2 rings (SSSR count). The molecule has 2 aromatic rings. The highest BCUT2D eigenvalue weighted by Crippen LogP contribution is 2.37. The van der Waals surface area contributed by atoms with Crippen molar-refractivity contribution in [3.05, 3.63) is 58.1 Å². The van der Waals surface area contributed by atoms with E-state index in [-0.39, 0.29) is 12.6 Å². The van der Waals surface area contributed by atoms with Gasteiger partial charge in [-0.2, -0.15) is 0 Å². The largest absolute Gasteiger partial charge is 0.493 e. The third-order valence-corrected chi connectivity index (χ3v) is 4.38. The van der Waals surface area contributed by atoms with E-state index in [0.717, 1.165) is 17.5 Å². The number of halogens is 1. The van der Waals surface area contributed by atoms with E-state index in [2.05, 4.69) is 24.4 Å². The Bertz CT molecular complexity index is 669. The van der Waals surface area contributed by atoms with Gasteiger partial charge < -0.3 is 19.9 Å². The third-order valence-electron chi connectivity index (χ3n) is 4.10. The van der Waals surface area contributed by atoms with Crippen molar-refractivity contribution in [2.45, 2.75) is 39.5 Å². The van der Waals surface area contributed by atoms with Crippen LogP contribution in [0.4, 0.5) is 0 Å². The molecule has 0 saturated heterocycles. The Hall–Kier alpha value is -1.75. The molecule has 0 unspecified atom stereocenters. The lowest BCUT2D eigenvalue weighted by Crippen LogP contribution is -2.31. The number of methoxy groups -OCH3 is 1. The number of nitrogens with one attached hydrogen (secondary N) is 1. The molecular formula is C20H26ClNO3. The molecule has 2 N–H and O–H groups in total. The number of ether oxygens (including phenoxy) is 2. The SMILES string of the molecule is CC[C@H](CO)NCc1cc(Cl)c(OCc2ccc(C)cc2)c(OC)c1. The molecule has 0 spiro atoms. The van der Waals surface area contributed by atoms with Crippen molar-refractivity contribution in [1.29, 1.82) is 0 Å². The van der Waals surface area contributed by atoms with Crippen LogP contribution in [-0.2, 0) is 13.2 Å². The first-order valence-corrected chi connectivity index (χ1v) is 8.84. The molecule has 136 valence electrons. The van der Waals surface area contributed by atoms with Crippen LogP contribution in [-0.4, -0.2) is 24.9 Å². The molecule has 4 nitrogen and oxygen atoms in total. The normalized spacial score (nSPS) is 12.0. The maximum absolute atomic E-state index is 9.27. The zero-order chi connectivity index (χ0) is 18.2. The van der Waals surface area contributed by atoms with Crippen LogP contribution < -0.4 is 14.8 Å². The first-order valence-electron chi connectivity index (χ1n) is 8.46. The van der Waals surface area contributed by atoms with Gasteiger partial charge in [0, 0.05) is 12.6 Å².